The summed E-state index contributed by atoms with van der Waals surface area (Å²) in [5.41, 5.74) is 6.86. The molecule has 2 N–H and O–H groups in total. The predicted octanol–water partition coefficient (Wildman–Crippen LogP) is 2.59. The molecule has 0 bridgehead atoms. The SMILES string of the molecule is Cl.NC1CCCN(Cc2ccc([N+](=O)[O-])c(Cl)c2)C1. The number of rotatable bonds is 3. The maximum absolute atomic E-state index is 10.7. The Balaban J connectivity index is 0.00000180. The normalized spacial score (nSPS) is 19.8. The summed E-state index contributed by atoms with van der Waals surface area (Å²) in [7, 11) is 0. The molecule has 1 saturated heterocycles. The highest BCUT2D eigenvalue weighted by molar-refractivity contribution is 6.32. The van der Waals surface area contributed by atoms with E-state index >= 15 is 0 Å². The van der Waals surface area contributed by atoms with E-state index in [0.717, 1.165) is 38.0 Å². The van der Waals surface area contributed by atoms with E-state index in [1.54, 1.807) is 12.1 Å². The van der Waals surface area contributed by atoms with Gasteiger partial charge in [0.2, 0.25) is 0 Å². The molecule has 0 aromatic heterocycles. The first-order valence-corrected chi connectivity index (χ1v) is 6.35. The fourth-order valence-corrected chi connectivity index (χ4v) is 2.56. The summed E-state index contributed by atoms with van der Waals surface area (Å²) in [4.78, 5) is 12.4. The number of benzene rings is 1. The third-order valence-electron chi connectivity index (χ3n) is 3.16. The van der Waals surface area contributed by atoms with Crippen molar-refractivity contribution in [2.75, 3.05) is 13.1 Å². The molecule has 106 valence electrons. The fourth-order valence-electron chi connectivity index (χ4n) is 2.29. The first-order chi connectivity index (χ1) is 8.56. The number of hydrogen-bond acceptors (Lipinski definition) is 4. The number of nitrogens with zero attached hydrogens (tertiary/aromatic N) is 2. The molecule has 1 heterocycles. The Labute approximate surface area is 123 Å². The third kappa shape index (κ3) is 4.31. The van der Waals surface area contributed by atoms with Gasteiger partial charge in [-0.2, -0.15) is 0 Å². The van der Waals surface area contributed by atoms with Crippen LogP contribution in [0.3, 0.4) is 0 Å². The van der Waals surface area contributed by atoms with Crippen LogP contribution >= 0.6 is 24.0 Å². The van der Waals surface area contributed by atoms with Crippen molar-refractivity contribution in [3.8, 4) is 0 Å². The Morgan fingerprint density at radius 3 is 2.84 bits per heavy atom. The molecule has 2 rings (SSSR count). The quantitative estimate of drug-likeness (QED) is 0.688. The number of halogens is 2. The summed E-state index contributed by atoms with van der Waals surface area (Å²) in [5, 5.41) is 10.9. The van der Waals surface area contributed by atoms with Gasteiger partial charge in [0.05, 0.1) is 4.92 Å². The highest BCUT2D eigenvalue weighted by atomic mass is 35.5. The Morgan fingerprint density at radius 2 is 2.26 bits per heavy atom. The molecule has 1 fully saturated rings. The Kier molecular flexibility index (Phi) is 6.00. The van der Waals surface area contributed by atoms with E-state index in [2.05, 4.69) is 4.90 Å². The van der Waals surface area contributed by atoms with Crippen molar-refractivity contribution in [3.05, 3.63) is 38.9 Å². The molecule has 1 aromatic carbocycles. The van der Waals surface area contributed by atoms with Gasteiger partial charge in [-0.3, -0.25) is 15.0 Å². The zero-order chi connectivity index (χ0) is 13.1. The summed E-state index contributed by atoms with van der Waals surface area (Å²) in [5.74, 6) is 0. The molecular weight excluding hydrogens is 289 g/mol. The largest absolute Gasteiger partial charge is 0.327 e. The molecule has 19 heavy (non-hydrogen) atoms. The van der Waals surface area contributed by atoms with Crippen LogP contribution in [-0.2, 0) is 6.54 Å². The Bertz CT molecular complexity index is 457. The fraction of sp³-hybridized carbons (Fsp3) is 0.500. The van der Waals surface area contributed by atoms with E-state index in [1.807, 2.05) is 0 Å². The number of likely N-dealkylation sites (tertiary alicyclic amines) is 1. The van der Waals surface area contributed by atoms with Crippen LogP contribution in [0.5, 0.6) is 0 Å². The zero-order valence-corrected chi connectivity index (χ0v) is 12.0. The third-order valence-corrected chi connectivity index (χ3v) is 3.46. The Morgan fingerprint density at radius 1 is 1.53 bits per heavy atom. The van der Waals surface area contributed by atoms with Gasteiger partial charge in [-0.15, -0.1) is 12.4 Å². The number of nitro benzene ring substituents is 1. The summed E-state index contributed by atoms with van der Waals surface area (Å²) in [6.45, 7) is 2.63. The number of nitrogens with two attached hydrogens (primary N) is 1. The molecule has 0 amide bonds. The van der Waals surface area contributed by atoms with Crippen LogP contribution in [0.15, 0.2) is 18.2 Å². The van der Waals surface area contributed by atoms with Crippen LogP contribution in [0.1, 0.15) is 18.4 Å². The van der Waals surface area contributed by atoms with Gasteiger partial charge >= 0.3 is 0 Å². The molecule has 1 atom stereocenters. The number of nitro groups is 1. The minimum atomic E-state index is -0.469. The van der Waals surface area contributed by atoms with Gasteiger partial charge in [-0.05, 0) is 31.0 Å². The number of piperidine rings is 1. The van der Waals surface area contributed by atoms with Crippen molar-refractivity contribution < 1.29 is 4.92 Å². The van der Waals surface area contributed by atoms with E-state index in [1.165, 1.54) is 6.07 Å². The molecule has 0 radical (unpaired) electrons. The van der Waals surface area contributed by atoms with Crippen molar-refractivity contribution in [1.29, 1.82) is 0 Å². The second kappa shape index (κ2) is 7.05. The van der Waals surface area contributed by atoms with Crippen molar-refractivity contribution in [3.63, 3.8) is 0 Å². The summed E-state index contributed by atoms with van der Waals surface area (Å²) < 4.78 is 0. The summed E-state index contributed by atoms with van der Waals surface area (Å²) in [6.07, 6.45) is 2.17. The lowest BCUT2D eigenvalue weighted by Gasteiger charge is -2.30. The molecule has 7 heteroatoms. The molecule has 1 aliphatic heterocycles. The highest BCUT2D eigenvalue weighted by Gasteiger charge is 2.18. The Hall–Kier alpha value is -0.880. The van der Waals surface area contributed by atoms with Gasteiger partial charge in [0, 0.05) is 25.2 Å². The van der Waals surface area contributed by atoms with Crippen molar-refractivity contribution >= 4 is 29.7 Å². The maximum Gasteiger partial charge on any atom is 0.287 e. The second-order valence-corrected chi connectivity index (χ2v) is 5.09. The van der Waals surface area contributed by atoms with E-state index < -0.39 is 4.92 Å². The van der Waals surface area contributed by atoms with Gasteiger partial charge < -0.3 is 5.73 Å². The lowest BCUT2D eigenvalue weighted by molar-refractivity contribution is -0.384. The van der Waals surface area contributed by atoms with Gasteiger partial charge in [0.15, 0.2) is 0 Å². The molecule has 1 aliphatic rings. The molecule has 0 aliphatic carbocycles. The van der Waals surface area contributed by atoms with Crippen molar-refractivity contribution in [2.45, 2.75) is 25.4 Å². The van der Waals surface area contributed by atoms with Gasteiger partial charge in [-0.1, -0.05) is 17.7 Å². The monoisotopic (exact) mass is 305 g/mol. The summed E-state index contributed by atoms with van der Waals surface area (Å²) >= 11 is 5.89. The minimum Gasteiger partial charge on any atom is -0.327 e. The smallest absolute Gasteiger partial charge is 0.287 e. The molecule has 0 saturated carbocycles. The first-order valence-electron chi connectivity index (χ1n) is 5.97. The lowest BCUT2D eigenvalue weighted by atomic mass is 10.1. The van der Waals surface area contributed by atoms with Crippen LogP contribution in [0.4, 0.5) is 5.69 Å². The van der Waals surface area contributed by atoms with E-state index in [-0.39, 0.29) is 29.2 Å². The van der Waals surface area contributed by atoms with Crippen LogP contribution in [-0.4, -0.2) is 29.0 Å². The van der Waals surface area contributed by atoms with E-state index in [4.69, 9.17) is 17.3 Å². The highest BCUT2D eigenvalue weighted by Crippen LogP contribution is 2.25. The van der Waals surface area contributed by atoms with Crippen LogP contribution in [0.2, 0.25) is 5.02 Å². The van der Waals surface area contributed by atoms with Crippen LogP contribution in [0.25, 0.3) is 0 Å². The molecule has 0 spiro atoms. The standard InChI is InChI=1S/C12H16ClN3O2.ClH/c13-11-6-9(3-4-12(11)16(17)18)7-15-5-1-2-10(14)8-15;/h3-4,6,10H,1-2,5,7-8,14H2;1H. The van der Waals surface area contributed by atoms with Gasteiger partial charge in [-0.25, -0.2) is 0 Å². The maximum atomic E-state index is 10.7. The zero-order valence-electron chi connectivity index (χ0n) is 10.4. The molecule has 5 nitrogen and oxygen atoms in total. The number of hydrogen-bond donors (Lipinski definition) is 1. The molecule has 1 unspecified atom stereocenters. The second-order valence-electron chi connectivity index (χ2n) is 4.68. The lowest BCUT2D eigenvalue weighted by Crippen LogP contribution is -2.42. The van der Waals surface area contributed by atoms with Gasteiger partial charge in [0.25, 0.3) is 5.69 Å². The van der Waals surface area contributed by atoms with Gasteiger partial charge in [0.1, 0.15) is 5.02 Å². The topological polar surface area (TPSA) is 72.4 Å². The van der Waals surface area contributed by atoms with Crippen LogP contribution in [0, 0.1) is 10.1 Å². The van der Waals surface area contributed by atoms with Crippen molar-refractivity contribution in [1.82, 2.24) is 4.90 Å². The predicted molar refractivity (Wildman–Crippen MR) is 77.8 cm³/mol. The average Bonchev–Trinajstić information content (AvgIpc) is 2.28. The van der Waals surface area contributed by atoms with E-state index in [9.17, 15) is 10.1 Å². The van der Waals surface area contributed by atoms with Crippen LogP contribution < -0.4 is 5.73 Å². The molecule has 1 aromatic rings. The summed E-state index contributed by atoms with van der Waals surface area (Å²) in [6, 6.07) is 5.11. The van der Waals surface area contributed by atoms with Crippen molar-refractivity contribution in [2.24, 2.45) is 5.73 Å². The first kappa shape index (κ1) is 16.2. The average molecular weight is 306 g/mol. The minimum absolute atomic E-state index is 0. The molecular formula is C12H17Cl2N3O2. The van der Waals surface area contributed by atoms with E-state index in [0.29, 0.717) is 0 Å².